The van der Waals surface area contributed by atoms with Gasteiger partial charge in [0.15, 0.2) is 0 Å². The standard InChI is InChI=1S/C19H22FN5O/c1-12-6-18(21)24-13(2)17(12)9-22-19(26)15-8-23-25(11-15)10-14-4-3-5-16(20)7-14/h3-8,11-12,17H,9-10,21H2,1-2H3,(H,22,26). The van der Waals surface area contributed by atoms with Crippen LogP contribution in [0.5, 0.6) is 0 Å². The van der Waals surface area contributed by atoms with Gasteiger partial charge in [-0.2, -0.15) is 5.10 Å². The van der Waals surface area contributed by atoms with Crippen molar-refractivity contribution in [1.29, 1.82) is 0 Å². The predicted octanol–water partition coefficient (Wildman–Crippen LogP) is 2.33. The molecule has 0 fully saturated rings. The molecule has 7 heteroatoms. The Labute approximate surface area is 151 Å². The Morgan fingerprint density at radius 3 is 2.96 bits per heavy atom. The largest absolute Gasteiger partial charge is 0.384 e. The second-order valence-electron chi connectivity index (χ2n) is 6.58. The van der Waals surface area contributed by atoms with Gasteiger partial charge in [-0.25, -0.2) is 9.38 Å². The number of hydrogen-bond acceptors (Lipinski definition) is 4. The van der Waals surface area contributed by atoms with Crippen LogP contribution in [0.2, 0.25) is 0 Å². The highest BCUT2D eigenvalue weighted by atomic mass is 19.1. The first kappa shape index (κ1) is 17.8. The van der Waals surface area contributed by atoms with Gasteiger partial charge in [0.05, 0.1) is 18.3 Å². The van der Waals surface area contributed by atoms with Gasteiger partial charge in [-0.15, -0.1) is 0 Å². The molecular weight excluding hydrogens is 333 g/mol. The molecule has 26 heavy (non-hydrogen) atoms. The van der Waals surface area contributed by atoms with E-state index in [0.717, 1.165) is 11.3 Å². The first-order chi connectivity index (χ1) is 12.4. The minimum absolute atomic E-state index is 0.119. The molecule has 0 saturated carbocycles. The molecule has 2 unspecified atom stereocenters. The number of nitrogens with two attached hydrogens (primary N) is 1. The van der Waals surface area contributed by atoms with Crippen LogP contribution in [0.15, 0.2) is 53.5 Å². The van der Waals surface area contributed by atoms with E-state index in [4.69, 9.17) is 5.73 Å². The van der Waals surface area contributed by atoms with E-state index in [0.29, 0.717) is 24.5 Å². The van der Waals surface area contributed by atoms with Crippen LogP contribution in [-0.4, -0.2) is 27.9 Å². The van der Waals surface area contributed by atoms with E-state index >= 15 is 0 Å². The molecule has 136 valence electrons. The summed E-state index contributed by atoms with van der Waals surface area (Å²) in [5, 5.41) is 7.11. The zero-order chi connectivity index (χ0) is 18.7. The van der Waals surface area contributed by atoms with E-state index in [9.17, 15) is 9.18 Å². The van der Waals surface area contributed by atoms with E-state index < -0.39 is 0 Å². The molecule has 3 N–H and O–H groups in total. The number of nitrogens with zero attached hydrogens (tertiary/aromatic N) is 3. The minimum atomic E-state index is -0.291. The van der Waals surface area contributed by atoms with Crippen LogP contribution in [0.1, 0.15) is 29.8 Å². The van der Waals surface area contributed by atoms with Crippen LogP contribution in [0.4, 0.5) is 4.39 Å². The fourth-order valence-corrected chi connectivity index (χ4v) is 3.12. The number of benzene rings is 1. The summed E-state index contributed by atoms with van der Waals surface area (Å²) in [6.07, 6.45) is 5.07. The van der Waals surface area contributed by atoms with Crippen molar-refractivity contribution in [2.45, 2.75) is 20.4 Å². The van der Waals surface area contributed by atoms with Crippen LogP contribution >= 0.6 is 0 Å². The van der Waals surface area contributed by atoms with E-state index in [1.54, 1.807) is 16.9 Å². The Kier molecular flexibility index (Phi) is 5.16. The van der Waals surface area contributed by atoms with Gasteiger partial charge in [-0.1, -0.05) is 19.1 Å². The molecule has 0 aliphatic carbocycles. The maximum absolute atomic E-state index is 13.3. The Hall–Kier alpha value is -2.96. The molecule has 0 spiro atoms. The van der Waals surface area contributed by atoms with Gasteiger partial charge in [0, 0.05) is 24.4 Å². The summed E-state index contributed by atoms with van der Waals surface area (Å²) < 4.78 is 14.9. The van der Waals surface area contributed by atoms with E-state index in [-0.39, 0.29) is 23.6 Å². The molecule has 0 radical (unpaired) electrons. The first-order valence-corrected chi connectivity index (χ1v) is 8.50. The van der Waals surface area contributed by atoms with Crippen molar-refractivity contribution in [1.82, 2.24) is 15.1 Å². The molecule has 1 aliphatic rings. The first-order valence-electron chi connectivity index (χ1n) is 8.50. The average Bonchev–Trinajstić information content (AvgIpc) is 3.02. The van der Waals surface area contributed by atoms with Gasteiger partial charge in [-0.3, -0.25) is 9.48 Å². The van der Waals surface area contributed by atoms with Crippen LogP contribution in [0.3, 0.4) is 0 Å². The van der Waals surface area contributed by atoms with Crippen LogP contribution in [0, 0.1) is 17.7 Å². The molecule has 2 heterocycles. The highest BCUT2D eigenvalue weighted by Gasteiger charge is 2.23. The minimum Gasteiger partial charge on any atom is -0.384 e. The zero-order valence-electron chi connectivity index (χ0n) is 14.8. The summed E-state index contributed by atoms with van der Waals surface area (Å²) in [7, 11) is 0. The van der Waals surface area contributed by atoms with Crippen molar-refractivity contribution in [2.75, 3.05) is 6.54 Å². The Bertz CT molecular complexity index is 870. The third kappa shape index (κ3) is 4.17. The van der Waals surface area contributed by atoms with Crippen molar-refractivity contribution < 1.29 is 9.18 Å². The number of allylic oxidation sites excluding steroid dienone is 1. The molecule has 0 saturated heterocycles. The van der Waals surface area contributed by atoms with Crippen molar-refractivity contribution in [3.63, 3.8) is 0 Å². The molecule has 0 bridgehead atoms. The summed E-state index contributed by atoms with van der Waals surface area (Å²) in [5.74, 6) is 0.368. The average molecular weight is 355 g/mol. The number of nitrogens with one attached hydrogen (secondary N) is 1. The summed E-state index contributed by atoms with van der Waals surface area (Å²) in [6, 6.07) is 6.31. The Balaban J connectivity index is 1.59. The number of rotatable bonds is 5. The molecule has 1 amide bonds. The molecule has 3 rings (SSSR count). The molecule has 1 aliphatic heterocycles. The van der Waals surface area contributed by atoms with Gasteiger partial charge in [-0.05, 0) is 36.6 Å². The molecule has 6 nitrogen and oxygen atoms in total. The third-order valence-electron chi connectivity index (χ3n) is 4.52. The zero-order valence-corrected chi connectivity index (χ0v) is 14.8. The van der Waals surface area contributed by atoms with Gasteiger partial charge in [0.2, 0.25) is 0 Å². The molecular formula is C19H22FN5O. The number of carbonyl (C=O) groups is 1. The third-order valence-corrected chi connectivity index (χ3v) is 4.52. The number of carbonyl (C=O) groups excluding carboxylic acids is 1. The van der Waals surface area contributed by atoms with Crippen molar-refractivity contribution in [3.05, 3.63) is 65.5 Å². The lowest BCUT2D eigenvalue weighted by Crippen LogP contribution is -2.36. The fourth-order valence-electron chi connectivity index (χ4n) is 3.12. The lowest BCUT2D eigenvalue weighted by atomic mass is 9.88. The maximum atomic E-state index is 13.3. The predicted molar refractivity (Wildman–Crippen MR) is 98.1 cm³/mol. The van der Waals surface area contributed by atoms with Crippen molar-refractivity contribution >= 4 is 11.6 Å². The van der Waals surface area contributed by atoms with E-state index in [1.165, 1.54) is 18.3 Å². The normalized spacial score (nSPS) is 19.7. The van der Waals surface area contributed by atoms with Crippen molar-refractivity contribution in [3.8, 4) is 0 Å². The number of aromatic nitrogens is 2. The monoisotopic (exact) mass is 355 g/mol. The second-order valence-corrected chi connectivity index (χ2v) is 6.58. The van der Waals surface area contributed by atoms with Gasteiger partial charge >= 0.3 is 0 Å². The van der Waals surface area contributed by atoms with Crippen molar-refractivity contribution in [2.24, 2.45) is 22.6 Å². The highest BCUT2D eigenvalue weighted by molar-refractivity contribution is 5.94. The lowest BCUT2D eigenvalue weighted by Gasteiger charge is -2.25. The molecule has 1 aromatic heterocycles. The topological polar surface area (TPSA) is 85.3 Å². The lowest BCUT2D eigenvalue weighted by molar-refractivity contribution is 0.0949. The van der Waals surface area contributed by atoms with E-state index in [1.807, 2.05) is 19.1 Å². The van der Waals surface area contributed by atoms with E-state index in [2.05, 4.69) is 22.3 Å². The maximum Gasteiger partial charge on any atom is 0.254 e. The van der Waals surface area contributed by atoms with Crippen LogP contribution in [-0.2, 0) is 6.54 Å². The van der Waals surface area contributed by atoms with Crippen LogP contribution < -0.4 is 11.1 Å². The molecule has 2 aromatic rings. The Morgan fingerprint density at radius 2 is 2.23 bits per heavy atom. The summed E-state index contributed by atoms with van der Waals surface area (Å²) in [6.45, 7) is 4.86. The summed E-state index contributed by atoms with van der Waals surface area (Å²) in [5.41, 5.74) is 7.92. The quantitative estimate of drug-likeness (QED) is 0.863. The Morgan fingerprint density at radius 1 is 1.42 bits per heavy atom. The number of halogens is 1. The number of hydrogen-bond donors (Lipinski definition) is 2. The smallest absolute Gasteiger partial charge is 0.254 e. The fraction of sp³-hybridized carbons (Fsp3) is 0.316. The van der Waals surface area contributed by atoms with Gasteiger partial charge in [0.25, 0.3) is 5.91 Å². The van der Waals surface area contributed by atoms with Gasteiger partial charge < -0.3 is 11.1 Å². The van der Waals surface area contributed by atoms with Gasteiger partial charge in [0.1, 0.15) is 11.6 Å². The number of aliphatic imine (C=N–C) groups is 1. The highest BCUT2D eigenvalue weighted by Crippen LogP contribution is 2.21. The second kappa shape index (κ2) is 7.51. The molecule has 2 atom stereocenters. The molecule has 1 aromatic carbocycles. The van der Waals surface area contributed by atoms with Crippen LogP contribution in [0.25, 0.3) is 0 Å². The summed E-state index contributed by atoms with van der Waals surface area (Å²) in [4.78, 5) is 16.7. The SMILES string of the molecule is CC1=NC(N)=CC(C)C1CNC(=O)c1cnn(Cc2cccc(F)c2)c1. The number of amides is 1. The summed E-state index contributed by atoms with van der Waals surface area (Å²) >= 11 is 0.